The summed E-state index contributed by atoms with van der Waals surface area (Å²) in [4.78, 5) is 23.5. The van der Waals surface area contributed by atoms with Crippen molar-refractivity contribution in [2.24, 2.45) is 0 Å². The van der Waals surface area contributed by atoms with E-state index in [1.54, 1.807) is 72.8 Å². The smallest absolute Gasteiger partial charge is 0.548 e. The molecule has 4 rings (SSSR count). The Labute approximate surface area is 399 Å². The van der Waals surface area contributed by atoms with Crippen LogP contribution < -0.4 is 118 Å². The number of carboxylic acids is 2. The van der Waals surface area contributed by atoms with Crippen molar-refractivity contribution < 1.29 is 125 Å². The van der Waals surface area contributed by atoms with Crippen molar-refractivity contribution in [3.05, 3.63) is 95.1 Å². The van der Waals surface area contributed by atoms with Gasteiger partial charge in [-0.25, -0.2) is 8.42 Å². The number of anilines is 2. The first-order valence-electron chi connectivity index (χ1n) is 17.7. The minimum Gasteiger partial charge on any atom is -0.548 e. The van der Waals surface area contributed by atoms with Crippen molar-refractivity contribution in [1.82, 2.24) is 0 Å². The van der Waals surface area contributed by atoms with E-state index in [0.29, 0.717) is 11.1 Å². The molecular formula is C42H46N2Na2O14S. The largest absolute Gasteiger partial charge is 1.00 e. The topological polar surface area (TPSA) is 212 Å². The molecule has 0 aliphatic heterocycles. The Bertz CT molecular complexity index is 2120. The molecule has 4 aromatic carbocycles. The third-order valence-corrected chi connectivity index (χ3v) is 11.2. The molecule has 0 aliphatic rings. The van der Waals surface area contributed by atoms with E-state index in [4.69, 9.17) is 37.9 Å². The van der Waals surface area contributed by atoms with E-state index in [-0.39, 0.29) is 128 Å². The van der Waals surface area contributed by atoms with Gasteiger partial charge in [0.25, 0.3) is 0 Å². The molecule has 316 valence electrons. The fourth-order valence-electron chi connectivity index (χ4n) is 6.53. The number of benzene rings is 4. The van der Waals surface area contributed by atoms with E-state index in [0.717, 1.165) is 0 Å². The van der Waals surface area contributed by atoms with Crippen molar-refractivity contribution in [2.45, 2.75) is 10.5 Å². The van der Waals surface area contributed by atoms with Gasteiger partial charge in [-0.15, -0.1) is 0 Å². The van der Waals surface area contributed by atoms with Crippen LogP contribution in [0.25, 0.3) is 12.2 Å². The Morgan fingerprint density at radius 3 is 1.07 bits per heavy atom. The molecule has 0 aliphatic carbocycles. The molecule has 61 heavy (non-hydrogen) atoms. The van der Waals surface area contributed by atoms with Gasteiger partial charge in [-0.3, -0.25) is 0 Å². The van der Waals surface area contributed by atoms with Gasteiger partial charge in [0.1, 0.15) is 21.9 Å². The van der Waals surface area contributed by atoms with Crippen LogP contribution in [0.4, 0.5) is 11.4 Å². The van der Waals surface area contributed by atoms with Gasteiger partial charge in [-0.05, 0) is 11.1 Å². The zero-order chi connectivity index (χ0) is 43.3. The number of rotatable bonds is 22. The number of aliphatic carboxylic acids is 2. The van der Waals surface area contributed by atoms with Gasteiger partial charge in [0.05, 0.1) is 93.0 Å². The van der Waals surface area contributed by atoms with Crippen LogP contribution in [0.5, 0.6) is 46.0 Å². The average Bonchev–Trinajstić information content (AvgIpc) is 3.24. The van der Waals surface area contributed by atoms with Crippen molar-refractivity contribution in [2.75, 3.05) is 80.6 Å². The van der Waals surface area contributed by atoms with E-state index in [1.165, 1.54) is 69.0 Å². The van der Waals surface area contributed by atoms with Crippen LogP contribution in [-0.2, 0) is 19.4 Å². The Kier molecular flexibility index (Phi) is 21.2. The van der Waals surface area contributed by atoms with E-state index in [9.17, 15) is 19.8 Å². The summed E-state index contributed by atoms with van der Waals surface area (Å²) in [6, 6.07) is 17.7. The number of carbonyl (C=O) groups excluding carboxylic acids is 2. The van der Waals surface area contributed by atoms with Crippen LogP contribution in [-0.4, -0.2) is 90.3 Å². The molecule has 0 amide bonds. The van der Waals surface area contributed by atoms with Crippen LogP contribution in [0.15, 0.2) is 72.8 Å². The minimum atomic E-state index is -4.82. The standard InChI is InChI=1S/C42H48N2O14S.2Na/c1-51-35-31(37(53-3)41(57-7)39(55-5)33(35)43-23-29(45)46)27(21-19-25-15-11-9-12-16-25)59(49,50)28(22-20-26-17-13-10-14-18-26)32-36(52-2)34(44-24-30(47)48)40(56-6)42(58-8)38(32)54-4;;/h9-22,27-28,43-44H,23-24H2,1-8H3,(H,45,46)(H,47,48);;/q;2*+1/p-2. The molecule has 0 spiro atoms. The number of ether oxygens (including phenoxy) is 8. The molecule has 2 atom stereocenters. The molecular weight excluding hydrogens is 835 g/mol. The summed E-state index contributed by atoms with van der Waals surface area (Å²) in [6.45, 7) is -1.47. The molecule has 0 saturated carbocycles. The fourth-order valence-corrected chi connectivity index (χ4v) is 8.53. The zero-order valence-corrected chi connectivity index (χ0v) is 40.6. The van der Waals surface area contributed by atoms with Crippen LogP contribution in [0.2, 0.25) is 0 Å². The molecule has 0 bridgehead atoms. The quantitative estimate of drug-likeness (QED) is 0.0796. The third kappa shape index (κ3) is 11.8. The number of methoxy groups -OCH3 is 8. The van der Waals surface area contributed by atoms with Gasteiger partial charge < -0.3 is 68.3 Å². The van der Waals surface area contributed by atoms with Crippen LogP contribution in [0.3, 0.4) is 0 Å². The molecule has 4 aromatic rings. The Balaban J connectivity index is 0.00000641. The van der Waals surface area contributed by atoms with Crippen molar-refractivity contribution in [1.29, 1.82) is 0 Å². The molecule has 0 heterocycles. The van der Waals surface area contributed by atoms with E-state index in [1.807, 2.05) is 0 Å². The second-order valence-corrected chi connectivity index (χ2v) is 14.5. The molecule has 0 radical (unpaired) electrons. The van der Waals surface area contributed by atoms with Gasteiger partial charge in [0.2, 0.25) is 11.5 Å². The van der Waals surface area contributed by atoms with Gasteiger partial charge in [-0.2, -0.15) is 0 Å². The van der Waals surface area contributed by atoms with Crippen molar-refractivity contribution in [3.63, 3.8) is 0 Å². The van der Waals surface area contributed by atoms with Gasteiger partial charge in [0.15, 0.2) is 44.3 Å². The number of sulfone groups is 1. The summed E-state index contributed by atoms with van der Waals surface area (Å²) >= 11 is 0. The first-order chi connectivity index (χ1) is 28.4. The Morgan fingerprint density at radius 1 is 0.508 bits per heavy atom. The first-order valence-corrected chi connectivity index (χ1v) is 19.4. The number of hydrogen-bond acceptors (Lipinski definition) is 16. The van der Waals surface area contributed by atoms with E-state index >= 15 is 8.42 Å². The predicted octanol–water partition coefficient (Wildman–Crippen LogP) is -2.29. The maximum absolute atomic E-state index is 16.1. The van der Waals surface area contributed by atoms with Crippen molar-refractivity contribution in [3.8, 4) is 46.0 Å². The van der Waals surface area contributed by atoms with Crippen LogP contribution in [0.1, 0.15) is 32.8 Å². The summed E-state index contributed by atoms with van der Waals surface area (Å²) in [5.74, 6) is -3.84. The minimum absolute atomic E-state index is 0. The summed E-state index contributed by atoms with van der Waals surface area (Å²) in [5.41, 5.74) is 0.846. The maximum Gasteiger partial charge on any atom is 1.00 e. The molecule has 0 aromatic heterocycles. The molecule has 0 fully saturated rings. The molecule has 2 N–H and O–H groups in total. The second kappa shape index (κ2) is 24.6. The van der Waals surface area contributed by atoms with Gasteiger partial charge >= 0.3 is 59.1 Å². The number of hydrogen-bond donors (Lipinski definition) is 2. The molecule has 0 saturated heterocycles. The summed E-state index contributed by atoms with van der Waals surface area (Å²) in [6.07, 6.45) is 6.00. The van der Waals surface area contributed by atoms with Gasteiger partial charge in [0, 0.05) is 0 Å². The summed E-state index contributed by atoms with van der Waals surface area (Å²) < 4.78 is 78.5. The summed E-state index contributed by atoms with van der Waals surface area (Å²) in [7, 11) is 5.50. The predicted molar refractivity (Wildman–Crippen MR) is 218 cm³/mol. The van der Waals surface area contributed by atoms with Gasteiger partial charge in [-0.1, -0.05) is 85.0 Å². The summed E-state index contributed by atoms with van der Waals surface area (Å²) in [5, 5.41) is 25.5. The Morgan fingerprint density at radius 2 is 0.803 bits per heavy atom. The van der Waals surface area contributed by atoms with Crippen LogP contribution in [0, 0.1) is 0 Å². The number of carboxylic acid groups (broad SMARTS) is 2. The van der Waals surface area contributed by atoms with Crippen LogP contribution >= 0.6 is 0 Å². The van der Waals surface area contributed by atoms with E-state index < -0.39 is 45.4 Å². The van der Waals surface area contributed by atoms with Crippen molar-refractivity contribution >= 4 is 45.3 Å². The molecule has 2 unspecified atom stereocenters. The second-order valence-electron chi connectivity index (χ2n) is 12.3. The average molecular weight is 881 g/mol. The van der Waals surface area contributed by atoms with E-state index in [2.05, 4.69) is 10.6 Å². The Hall–Kier alpha value is -4.75. The SMILES string of the molecule is COc1c(NCC(=O)[O-])c(OC)c(C(C=Cc2ccccc2)S(=O)(=O)C(C=Cc2ccccc2)c2c(OC)c(NCC(=O)[O-])c(OC)c(OC)c2OC)c(OC)c1OC.[Na+].[Na+]. The molecule has 19 heteroatoms. The maximum atomic E-state index is 16.1. The number of carbonyl (C=O) groups is 2. The zero-order valence-electron chi connectivity index (χ0n) is 35.8. The fraction of sp³-hybridized carbons (Fsp3) is 0.286. The molecule has 16 nitrogen and oxygen atoms in total. The third-order valence-electron chi connectivity index (χ3n) is 8.97. The monoisotopic (exact) mass is 880 g/mol. The number of nitrogens with one attached hydrogen (secondary N) is 2. The first kappa shape index (κ1) is 52.4. The normalized spacial score (nSPS) is 11.9.